The van der Waals surface area contributed by atoms with E-state index in [1.807, 2.05) is 42.5 Å². The Kier molecular flexibility index (Phi) is 4.25. The number of anilines is 1. The summed E-state index contributed by atoms with van der Waals surface area (Å²) in [6, 6.07) is 13.4. The molecular formula is C17H14N2O2S. The van der Waals surface area contributed by atoms with Gasteiger partial charge in [0.05, 0.1) is 0 Å². The number of fused-ring (bicyclic) bond motifs is 1. The van der Waals surface area contributed by atoms with Crippen molar-refractivity contribution in [3.8, 4) is 0 Å². The third-order valence-electron chi connectivity index (χ3n) is 3.35. The normalized spacial score (nSPS) is 10.5. The number of nitrogens with zero attached hydrogens (tertiary/aromatic N) is 1. The second-order valence-electron chi connectivity index (χ2n) is 4.84. The second-order valence-corrected chi connectivity index (χ2v) is 5.73. The van der Waals surface area contributed by atoms with Crippen LogP contribution in [0, 0.1) is 0 Å². The molecule has 0 saturated heterocycles. The van der Waals surface area contributed by atoms with Gasteiger partial charge in [-0.2, -0.15) is 0 Å². The number of hydrogen-bond donors (Lipinski definition) is 1. The lowest BCUT2D eigenvalue weighted by Crippen LogP contribution is -2.13. The summed E-state index contributed by atoms with van der Waals surface area (Å²) in [5, 5.41) is 6.98. The Morgan fingerprint density at radius 3 is 2.68 bits per heavy atom. The fraction of sp³-hybridized carbons (Fsp3) is 0.118. The number of thiazole rings is 1. The third kappa shape index (κ3) is 3.20. The van der Waals surface area contributed by atoms with Crippen LogP contribution in [0.15, 0.2) is 54.0 Å². The molecule has 0 radical (unpaired) electrons. The number of benzene rings is 2. The molecule has 0 spiro atoms. The van der Waals surface area contributed by atoms with Gasteiger partial charge in [0.1, 0.15) is 0 Å². The van der Waals surface area contributed by atoms with Gasteiger partial charge < -0.3 is 5.32 Å². The van der Waals surface area contributed by atoms with Crippen LogP contribution in [-0.2, 0) is 4.79 Å². The van der Waals surface area contributed by atoms with E-state index in [9.17, 15) is 9.59 Å². The Balaban J connectivity index is 1.67. The molecule has 0 aliphatic rings. The Labute approximate surface area is 131 Å². The van der Waals surface area contributed by atoms with E-state index in [2.05, 4.69) is 10.3 Å². The first-order valence-corrected chi connectivity index (χ1v) is 7.82. The molecule has 1 heterocycles. The van der Waals surface area contributed by atoms with Crippen molar-refractivity contribution in [3.63, 3.8) is 0 Å². The van der Waals surface area contributed by atoms with Crippen molar-refractivity contribution >= 4 is 38.9 Å². The predicted octanol–water partition coefficient (Wildman–Crippen LogP) is 3.90. The summed E-state index contributed by atoms with van der Waals surface area (Å²) in [5.74, 6) is -0.213. The first-order chi connectivity index (χ1) is 10.7. The Morgan fingerprint density at radius 2 is 1.86 bits per heavy atom. The quantitative estimate of drug-likeness (QED) is 0.727. The van der Waals surface area contributed by atoms with Crippen LogP contribution in [-0.4, -0.2) is 16.7 Å². The molecule has 4 nitrogen and oxygen atoms in total. The third-order valence-corrected chi connectivity index (χ3v) is 4.04. The van der Waals surface area contributed by atoms with Crippen LogP contribution < -0.4 is 5.32 Å². The highest BCUT2D eigenvalue weighted by molar-refractivity contribution is 7.13. The number of hydrogen-bond acceptors (Lipinski definition) is 4. The van der Waals surface area contributed by atoms with Crippen LogP contribution in [0.25, 0.3) is 10.8 Å². The summed E-state index contributed by atoms with van der Waals surface area (Å²) in [5.41, 5.74) is 0.667. The molecule has 0 aliphatic heterocycles. The molecule has 0 aliphatic carbocycles. The summed E-state index contributed by atoms with van der Waals surface area (Å²) in [6.07, 6.45) is 1.97. The van der Waals surface area contributed by atoms with Crippen LogP contribution in [0.4, 0.5) is 5.13 Å². The largest absolute Gasteiger partial charge is 0.302 e. The van der Waals surface area contributed by atoms with Crippen molar-refractivity contribution in [2.75, 3.05) is 5.32 Å². The fourth-order valence-electron chi connectivity index (χ4n) is 2.30. The van der Waals surface area contributed by atoms with Crippen LogP contribution in [0.1, 0.15) is 23.2 Å². The van der Waals surface area contributed by atoms with Gasteiger partial charge >= 0.3 is 0 Å². The zero-order valence-corrected chi connectivity index (χ0v) is 12.6. The maximum atomic E-state index is 12.4. The van der Waals surface area contributed by atoms with Gasteiger partial charge in [0.15, 0.2) is 10.9 Å². The average Bonchev–Trinajstić information content (AvgIpc) is 3.05. The molecule has 1 amide bonds. The van der Waals surface area contributed by atoms with Gasteiger partial charge in [-0.05, 0) is 10.8 Å². The van der Waals surface area contributed by atoms with Crippen LogP contribution in [0.2, 0.25) is 0 Å². The summed E-state index contributed by atoms with van der Waals surface area (Å²) in [4.78, 5) is 28.2. The van der Waals surface area contributed by atoms with Gasteiger partial charge in [0.25, 0.3) is 0 Å². The highest BCUT2D eigenvalue weighted by Gasteiger charge is 2.12. The molecule has 0 bridgehead atoms. The second kappa shape index (κ2) is 6.49. The van der Waals surface area contributed by atoms with Gasteiger partial charge in [-0.1, -0.05) is 42.5 Å². The summed E-state index contributed by atoms with van der Waals surface area (Å²) in [6.45, 7) is 0. The number of carbonyl (C=O) groups is 2. The minimum Gasteiger partial charge on any atom is -0.302 e. The smallest absolute Gasteiger partial charge is 0.226 e. The Morgan fingerprint density at radius 1 is 1.05 bits per heavy atom. The van der Waals surface area contributed by atoms with E-state index in [0.717, 1.165) is 10.8 Å². The molecule has 22 heavy (non-hydrogen) atoms. The molecule has 0 unspecified atom stereocenters. The van der Waals surface area contributed by atoms with Gasteiger partial charge in [-0.3, -0.25) is 9.59 Å². The van der Waals surface area contributed by atoms with Crippen LogP contribution in [0.3, 0.4) is 0 Å². The molecule has 3 aromatic rings. The van der Waals surface area contributed by atoms with Crippen LogP contribution >= 0.6 is 11.3 Å². The number of Topliss-reactive ketones (excluding diaryl/α,β-unsaturated/α-hetero) is 1. The molecule has 0 fully saturated rings. The van der Waals surface area contributed by atoms with E-state index < -0.39 is 0 Å². The SMILES string of the molecule is O=C(CCC(=O)c1cccc2ccccc12)Nc1nccs1. The first kappa shape index (κ1) is 14.4. The van der Waals surface area contributed by atoms with E-state index >= 15 is 0 Å². The lowest BCUT2D eigenvalue weighted by atomic mass is 9.99. The van der Waals surface area contributed by atoms with Gasteiger partial charge in [-0.15, -0.1) is 11.3 Å². The van der Waals surface area contributed by atoms with E-state index in [-0.39, 0.29) is 24.5 Å². The van der Waals surface area contributed by atoms with Crippen molar-refractivity contribution < 1.29 is 9.59 Å². The molecule has 2 aromatic carbocycles. The van der Waals surface area contributed by atoms with Crippen molar-refractivity contribution in [2.45, 2.75) is 12.8 Å². The number of nitrogens with one attached hydrogen (secondary N) is 1. The maximum absolute atomic E-state index is 12.4. The summed E-state index contributed by atoms with van der Waals surface area (Å²) in [7, 11) is 0. The van der Waals surface area contributed by atoms with E-state index in [1.165, 1.54) is 11.3 Å². The standard InChI is InChI=1S/C17H14N2O2S/c20-15(8-9-16(21)19-17-18-10-11-22-17)14-7-3-5-12-4-1-2-6-13(12)14/h1-7,10-11H,8-9H2,(H,18,19,21). The fourth-order valence-corrected chi connectivity index (χ4v) is 2.84. The molecule has 5 heteroatoms. The number of carbonyl (C=O) groups excluding carboxylic acids is 2. The predicted molar refractivity (Wildman–Crippen MR) is 88.3 cm³/mol. The Hall–Kier alpha value is -2.53. The zero-order chi connectivity index (χ0) is 15.4. The summed E-state index contributed by atoms with van der Waals surface area (Å²) < 4.78 is 0. The minimum atomic E-state index is -0.191. The van der Waals surface area contributed by atoms with E-state index in [4.69, 9.17) is 0 Å². The Bertz CT molecular complexity index is 807. The lowest BCUT2D eigenvalue weighted by molar-refractivity contribution is -0.116. The lowest BCUT2D eigenvalue weighted by Gasteiger charge is -2.06. The maximum Gasteiger partial charge on any atom is 0.226 e. The zero-order valence-electron chi connectivity index (χ0n) is 11.8. The number of ketones is 1. The van der Waals surface area contributed by atoms with Crippen molar-refractivity contribution in [1.82, 2.24) is 4.98 Å². The molecule has 110 valence electrons. The number of aromatic nitrogens is 1. The van der Waals surface area contributed by atoms with Gasteiger partial charge in [-0.25, -0.2) is 4.98 Å². The number of amides is 1. The molecule has 3 rings (SSSR count). The number of rotatable bonds is 5. The minimum absolute atomic E-state index is 0.0221. The highest BCUT2D eigenvalue weighted by Crippen LogP contribution is 2.20. The van der Waals surface area contributed by atoms with Gasteiger partial charge in [0.2, 0.25) is 5.91 Å². The van der Waals surface area contributed by atoms with E-state index in [0.29, 0.717) is 10.7 Å². The van der Waals surface area contributed by atoms with Crippen molar-refractivity contribution in [2.24, 2.45) is 0 Å². The molecular weight excluding hydrogens is 296 g/mol. The topological polar surface area (TPSA) is 59.1 Å². The average molecular weight is 310 g/mol. The monoisotopic (exact) mass is 310 g/mol. The first-order valence-electron chi connectivity index (χ1n) is 6.94. The molecule has 1 aromatic heterocycles. The highest BCUT2D eigenvalue weighted by atomic mass is 32.1. The van der Waals surface area contributed by atoms with Crippen molar-refractivity contribution in [1.29, 1.82) is 0 Å². The molecule has 0 saturated carbocycles. The molecule has 1 N–H and O–H groups in total. The summed E-state index contributed by atoms with van der Waals surface area (Å²) >= 11 is 1.36. The van der Waals surface area contributed by atoms with Crippen molar-refractivity contribution in [3.05, 3.63) is 59.6 Å². The molecule has 0 atom stereocenters. The van der Waals surface area contributed by atoms with E-state index in [1.54, 1.807) is 11.6 Å². The van der Waals surface area contributed by atoms with Gasteiger partial charge in [0, 0.05) is 30.0 Å². The van der Waals surface area contributed by atoms with Crippen LogP contribution in [0.5, 0.6) is 0 Å².